The van der Waals surface area contributed by atoms with Crippen LogP contribution < -0.4 is 14.8 Å². The molecule has 0 unspecified atom stereocenters. The molecule has 0 heterocycles. The number of benzene rings is 2. The van der Waals surface area contributed by atoms with E-state index in [4.69, 9.17) is 32.7 Å². The average molecular weight is 394 g/mol. The summed E-state index contributed by atoms with van der Waals surface area (Å²) in [5.41, 5.74) is 0.979. The summed E-state index contributed by atoms with van der Waals surface area (Å²) in [5.74, 6) is 1.23. The third-order valence-electron chi connectivity index (χ3n) is 5.01. The lowest BCUT2D eigenvalue weighted by Crippen LogP contribution is -2.38. The first-order chi connectivity index (χ1) is 12.5. The maximum atomic E-state index is 13.2. The molecule has 4 nitrogen and oxygen atoms in total. The van der Waals surface area contributed by atoms with Crippen LogP contribution in [0.1, 0.15) is 31.2 Å². The highest BCUT2D eigenvalue weighted by atomic mass is 35.5. The molecule has 0 aromatic heterocycles. The molecule has 1 saturated carbocycles. The van der Waals surface area contributed by atoms with E-state index in [9.17, 15) is 4.79 Å². The Bertz CT molecular complexity index is 817. The molecule has 1 aliphatic rings. The van der Waals surface area contributed by atoms with Gasteiger partial charge in [0.1, 0.15) is 0 Å². The summed E-state index contributed by atoms with van der Waals surface area (Å²) in [4.78, 5) is 13.2. The number of ether oxygens (including phenoxy) is 2. The van der Waals surface area contributed by atoms with Crippen molar-refractivity contribution in [2.24, 2.45) is 0 Å². The van der Waals surface area contributed by atoms with E-state index >= 15 is 0 Å². The van der Waals surface area contributed by atoms with Crippen molar-refractivity contribution >= 4 is 34.8 Å². The number of anilines is 1. The van der Waals surface area contributed by atoms with Gasteiger partial charge < -0.3 is 14.8 Å². The zero-order chi connectivity index (χ0) is 18.7. The molecule has 0 bridgehead atoms. The van der Waals surface area contributed by atoms with Gasteiger partial charge in [-0.1, -0.05) is 42.1 Å². The normalized spacial score (nSPS) is 15.5. The minimum absolute atomic E-state index is 0.0411. The van der Waals surface area contributed by atoms with E-state index in [0.717, 1.165) is 31.2 Å². The van der Waals surface area contributed by atoms with E-state index in [1.54, 1.807) is 32.4 Å². The fraction of sp³-hybridized carbons (Fsp3) is 0.350. The van der Waals surface area contributed by atoms with E-state index in [2.05, 4.69) is 5.32 Å². The van der Waals surface area contributed by atoms with E-state index in [-0.39, 0.29) is 5.91 Å². The Hall–Kier alpha value is -1.91. The van der Waals surface area contributed by atoms with Crippen LogP contribution in [-0.4, -0.2) is 20.1 Å². The van der Waals surface area contributed by atoms with Crippen LogP contribution in [0.5, 0.6) is 11.5 Å². The summed E-state index contributed by atoms with van der Waals surface area (Å²) in [6, 6.07) is 10.8. The molecule has 26 heavy (non-hydrogen) atoms. The molecule has 0 saturated heterocycles. The fourth-order valence-corrected chi connectivity index (χ4v) is 3.88. The first kappa shape index (κ1) is 18.9. The largest absolute Gasteiger partial charge is 0.493 e. The van der Waals surface area contributed by atoms with Gasteiger partial charge in [-0.2, -0.15) is 0 Å². The maximum absolute atomic E-state index is 13.2. The zero-order valence-corrected chi connectivity index (χ0v) is 16.3. The van der Waals surface area contributed by atoms with Gasteiger partial charge in [-0.25, -0.2) is 0 Å². The van der Waals surface area contributed by atoms with Crippen molar-refractivity contribution in [1.82, 2.24) is 0 Å². The number of halogens is 2. The second kappa shape index (κ2) is 7.77. The van der Waals surface area contributed by atoms with Gasteiger partial charge in [0.25, 0.3) is 0 Å². The number of carbonyl (C=O) groups is 1. The summed E-state index contributed by atoms with van der Waals surface area (Å²) in [6.45, 7) is 0. The van der Waals surface area contributed by atoms with Gasteiger partial charge >= 0.3 is 0 Å². The summed E-state index contributed by atoms with van der Waals surface area (Å²) in [5, 5.41) is 3.87. The van der Waals surface area contributed by atoms with Gasteiger partial charge in [0.2, 0.25) is 5.91 Å². The monoisotopic (exact) mass is 393 g/mol. The van der Waals surface area contributed by atoms with Gasteiger partial charge in [-0.15, -0.1) is 0 Å². The Balaban J connectivity index is 1.94. The number of amides is 1. The smallest absolute Gasteiger partial charge is 0.235 e. The summed E-state index contributed by atoms with van der Waals surface area (Å²) in [6.07, 6.45) is 3.58. The molecule has 6 heteroatoms. The minimum atomic E-state index is -0.592. The molecule has 2 aromatic rings. The van der Waals surface area contributed by atoms with Crippen molar-refractivity contribution < 1.29 is 14.3 Å². The van der Waals surface area contributed by atoms with Crippen LogP contribution >= 0.6 is 23.2 Å². The molecule has 1 fully saturated rings. The Morgan fingerprint density at radius 2 is 1.65 bits per heavy atom. The summed E-state index contributed by atoms with van der Waals surface area (Å²) >= 11 is 12.0. The molecule has 0 atom stereocenters. The first-order valence-corrected chi connectivity index (χ1v) is 9.25. The Kier molecular flexibility index (Phi) is 5.64. The van der Waals surface area contributed by atoms with Crippen molar-refractivity contribution in [2.75, 3.05) is 19.5 Å². The van der Waals surface area contributed by atoms with Gasteiger partial charge in [0.15, 0.2) is 11.5 Å². The summed E-state index contributed by atoms with van der Waals surface area (Å²) < 4.78 is 10.7. The van der Waals surface area contributed by atoms with Crippen LogP contribution in [0.2, 0.25) is 10.0 Å². The van der Waals surface area contributed by atoms with Crippen molar-refractivity contribution in [1.29, 1.82) is 0 Å². The lowest BCUT2D eigenvalue weighted by Gasteiger charge is -2.29. The number of carbonyl (C=O) groups excluding carboxylic acids is 1. The summed E-state index contributed by atoms with van der Waals surface area (Å²) in [7, 11) is 3.19. The molecule has 0 aliphatic heterocycles. The highest BCUT2D eigenvalue weighted by Gasteiger charge is 2.43. The number of rotatable bonds is 5. The van der Waals surface area contributed by atoms with Crippen molar-refractivity contribution in [2.45, 2.75) is 31.1 Å². The van der Waals surface area contributed by atoms with Gasteiger partial charge in [-0.3, -0.25) is 4.79 Å². The lowest BCUT2D eigenvalue weighted by atomic mass is 9.77. The average Bonchev–Trinajstić information content (AvgIpc) is 3.15. The predicted octanol–water partition coefficient (Wildman–Crippen LogP) is 5.46. The second-order valence-corrected chi connectivity index (χ2v) is 7.26. The number of hydrogen-bond acceptors (Lipinski definition) is 3. The molecule has 138 valence electrons. The van der Waals surface area contributed by atoms with Gasteiger partial charge in [0, 0.05) is 5.69 Å². The standard InChI is InChI=1S/C20H21Cl2NO3/c1-25-17-8-5-13(11-18(17)26-2)20(9-3-4-10-20)19(24)23-14-6-7-15(21)16(22)12-14/h5-8,11-12H,3-4,9-10H2,1-2H3,(H,23,24). The maximum Gasteiger partial charge on any atom is 0.235 e. The molecule has 3 rings (SSSR count). The second-order valence-electron chi connectivity index (χ2n) is 6.44. The van der Waals surface area contributed by atoms with Crippen LogP contribution in [-0.2, 0) is 10.2 Å². The molecule has 1 N–H and O–H groups in total. The van der Waals surface area contributed by atoms with E-state index < -0.39 is 5.41 Å². The Morgan fingerprint density at radius 1 is 0.962 bits per heavy atom. The SMILES string of the molecule is COc1ccc(C2(C(=O)Nc3ccc(Cl)c(Cl)c3)CCCC2)cc1OC. The minimum Gasteiger partial charge on any atom is -0.493 e. The van der Waals surface area contributed by atoms with Crippen molar-refractivity contribution in [3.05, 3.63) is 52.0 Å². The molecule has 0 radical (unpaired) electrons. The Morgan fingerprint density at radius 3 is 2.27 bits per heavy atom. The van der Waals surface area contributed by atoms with Crippen LogP contribution in [0, 0.1) is 0 Å². The van der Waals surface area contributed by atoms with Crippen LogP contribution in [0.15, 0.2) is 36.4 Å². The molecule has 1 amide bonds. The van der Waals surface area contributed by atoms with E-state index in [1.807, 2.05) is 18.2 Å². The van der Waals surface area contributed by atoms with E-state index in [1.165, 1.54) is 0 Å². The third-order valence-corrected chi connectivity index (χ3v) is 5.74. The Labute approximate surface area is 163 Å². The first-order valence-electron chi connectivity index (χ1n) is 8.49. The van der Waals surface area contributed by atoms with Crippen LogP contribution in [0.4, 0.5) is 5.69 Å². The molecular formula is C20H21Cl2NO3. The topological polar surface area (TPSA) is 47.6 Å². The molecule has 1 aliphatic carbocycles. The molecular weight excluding hydrogens is 373 g/mol. The van der Waals surface area contributed by atoms with Crippen LogP contribution in [0.25, 0.3) is 0 Å². The lowest BCUT2D eigenvalue weighted by molar-refractivity contribution is -0.121. The number of nitrogens with one attached hydrogen (secondary N) is 1. The quantitative estimate of drug-likeness (QED) is 0.733. The number of hydrogen-bond donors (Lipinski definition) is 1. The van der Waals surface area contributed by atoms with Crippen molar-refractivity contribution in [3.63, 3.8) is 0 Å². The van der Waals surface area contributed by atoms with E-state index in [0.29, 0.717) is 27.2 Å². The highest BCUT2D eigenvalue weighted by Crippen LogP contribution is 2.44. The number of methoxy groups -OCH3 is 2. The van der Waals surface area contributed by atoms with Gasteiger partial charge in [-0.05, 0) is 48.7 Å². The molecule has 2 aromatic carbocycles. The predicted molar refractivity (Wildman–Crippen MR) is 105 cm³/mol. The van der Waals surface area contributed by atoms with Gasteiger partial charge in [0.05, 0.1) is 29.7 Å². The van der Waals surface area contributed by atoms with Crippen molar-refractivity contribution in [3.8, 4) is 11.5 Å². The fourth-order valence-electron chi connectivity index (χ4n) is 3.58. The van der Waals surface area contributed by atoms with Crippen LogP contribution in [0.3, 0.4) is 0 Å². The third kappa shape index (κ3) is 3.49. The molecule has 0 spiro atoms. The highest BCUT2D eigenvalue weighted by molar-refractivity contribution is 6.42. The zero-order valence-electron chi connectivity index (χ0n) is 14.8.